The predicted molar refractivity (Wildman–Crippen MR) is 158 cm³/mol. The average Bonchev–Trinajstić information content (AvgIpc) is 3.59. The van der Waals surface area contributed by atoms with Gasteiger partial charge in [-0.3, -0.25) is 4.79 Å². The maximum absolute atomic E-state index is 14.6. The summed E-state index contributed by atoms with van der Waals surface area (Å²) in [6, 6.07) is 25.6. The zero-order chi connectivity index (χ0) is 26.6. The summed E-state index contributed by atoms with van der Waals surface area (Å²) in [7, 11) is 0. The molecule has 0 unspecified atom stereocenters. The highest BCUT2D eigenvalue weighted by Gasteiger charge is 2.45. The van der Waals surface area contributed by atoms with Crippen LogP contribution in [-0.4, -0.2) is 19.2 Å². The van der Waals surface area contributed by atoms with Crippen molar-refractivity contribution in [3.05, 3.63) is 117 Å². The Morgan fingerprint density at radius 1 is 0.846 bits per heavy atom. The number of fused-ring (bicyclic) bond motifs is 5. The first-order chi connectivity index (χ1) is 19.1. The van der Waals surface area contributed by atoms with Crippen LogP contribution in [0.4, 0.5) is 0 Å². The van der Waals surface area contributed by atoms with Crippen molar-refractivity contribution < 1.29 is 0 Å². The summed E-state index contributed by atoms with van der Waals surface area (Å²) in [5.41, 5.74) is 9.40. The Morgan fingerprint density at radius 2 is 1.51 bits per heavy atom. The first kappa shape index (κ1) is 24.4. The first-order valence-electron chi connectivity index (χ1n) is 13.9. The summed E-state index contributed by atoms with van der Waals surface area (Å²) < 4.78 is 4.09. The van der Waals surface area contributed by atoms with Crippen LogP contribution in [0.2, 0.25) is 0 Å². The van der Waals surface area contributed by atoms with E-state index < -0.39 is 0 Å². The molecule has 0 saturated heterocycles. The molecule has 7 rings (SSSR count). The van der Waals surface area contributed by atoms with E-state index in [0.717, 1.165) is 54.7 Å². The van der Waals surface area contributed by atoms with Crippen molar-refractivity contribution in [2.24, 2.45) is 0 Å². The van der Waals surface area contributed by atoms with E-state index in [1.165, 1.54) is 27.8 Å². The molecule has 39 heavy (non-hydrogen) atoms. The Labute approximate surface area is 232 Å². The number of hydrogen-bond acceptors (Lipinski definition) is 4. The van der Waals surface area contributed by atoms with Crippen LogP contribution in [0.5, 0.6) is 0 Å². The smallest absolute Gasteiger partial charge is 0.265 e. The van der Waals surface area contributed by atoms with Crippen LogP contribution >= 0.6 is 11.8 Å². The van der Waals surface area contributed by atoms with Gasteiger partial charge in [0.25, 0.3) is 5.56 Å². The standard InChI is InChI=1S/C33H32N4OS/c1-22-11-3-5-14-25(22)20-36-29-27-16-8-7-13-24(27)19-33(17-9-10-18-33)28(29)30(38)37-31(36)34-35-32(37)39-21-26-15-6-4-12-23(26)2/h3-8,11-16H,9-10,17-21H2,1-2H3. The topological polar surface area (TPSA) is 52.2 Å². The molecule has 2 heterocycles. The number of rotatable bonds is 5. The molecule has 0 N–H and O–H groups in total. The van der Waals surface area contributed by atoms with Crippen LogP contribution in [0.3, 0.4) is 0 Å². The molecule has 2 aromatic heterocycles. The molecule has 0 aliphatic heterocycles. The fourth-order valence-corrected chi connectivity index (χ4v) is 7.77. The van der Waals surface area contributed by atoms with Crippen LogP contribution in [0.1, 0.15) is 59.1 Å². The molecule has 0 bridgehead atoms. The molecule has 2 aliphatic rings. The lowest BCUT2D eigenvalue weighted by atomic mass is 9.68. The number of nitrogens with zero attached hydrogens (tertiary/aromatic N) is 4. The number of hydrogen-bond donors (Lipinski definition) is 0. The third kappa shape index (κ3) is 3.96. The number of benzene rings is 3. The number of aryl methyl sites for hydroxylation is 2. The van der Waals surface area contributed by atoms with Crippen LogP contribution in [-0.2, 0) is 24.1 Å². The molecule has 5 nitrogen and oxygen atoms in total. The Bertz CT molecular complexity index is 1780. The molecular formula is C33H32N4OS. The third-order valence-corrected chi connectivity index (χ3v) is 9.86. The molecule has 1 saturated carbocycles. The van der Waals surface area contributed by atoms with E-state index in [2.05, 4.69) is 96.3 Å². The van der Waals surface area contributed by atoms with E-state index in [0.29, 0.717) is 17.5 Å². The van der Waals surface area contributed by atoms with Gasteiger partial charge in [0.2, 0.25) is 5.78 Å². The first-order valence-corrected chi connectivity index (χ1v) is 14.9. The van der Waals surface area contributed by atoms with Crippen molar-refractivity contribution in [3.8, 4) is 11.3 Å². The molecule has 2 aliphatic carbocycles. The van der Waals surface area contributed by atoms with E-state index in [9.17, 15) is 4.79 Å². The van der Waals surface area contributed by atoms with Crippen molar-refractivity contribution in [2.75, 3.05) is 0 Å². The maximum atomic E-state index is 14.6. The predicted octanol–water partition coefficient (Wildman–Crippen LogP) is 6.88. The van der Waals surface area contributed by atoms with Crippen LogP contribution in [0.15, 0.2) is 82.7 Å². The van der Waals surface area contributed by atoms with E-state index >= 15 is 0 Å². The van der Waals surface area contributed by atoms with Crippen LogP contribution in [0, 0.1) is 13.8 Å². The number of thioether (sulfide) groups is 1. The maximum Gasteiger partial charge on any atom is 0.265 e. The molecule has 5 aromatic rings. The largest absolute Gasteiger partial charge is 0.305 e. The van der Waals surface area contributed by atoms with Gasteiger partial charge in [-0.15, -0.1) is 10.2 Å². The quantitative estimate of drug-likeness (QED) is 0.232. The molecule has 196 valence electrons. The van der Waals surface area contributed by atoms with E-state index in [1.54, 1.807) is 11.8 Å². The lowest BCUT2D eigenvalue weighted by Gasteiger charge is -2.37. The monoisotopic (exact) mass is 532 g/mol. The molecule has 1 spiro atoms. The van der Waals surface area contributed by atoms with Gasteiger partial charge in [-0.2, -0.15) is 0 Å². The third-order valence-electron chi connectivity index (χ3n) is 8.88. The average molecular weight is 533 g/mol. The molecule has 6 heteroatoms. The summed E-state index contributed by atoms with van der Waals surface area (Å²) >= 11 is 1.60. The molecule has 1 fully saturated rings. The molecular weight excluding hydrogens is 500 g/mol. The van der Waals surface area contributed by atoms with Crippen molar-refractivity contribution in [1.29, 1.82) is 0 Å². The van der Waals surface area contributed by atoms with Gasteiger partial charge in [0.15, 0.2) is 5.16 Å². The summed E-state index contributed by atoms with van der Waals surface area (Å²) in [6.07, 6.45) is 5.34. The molecule has 0 radical (unpaired) electrons. The van der Waals surface area contributed by atoms with Gasteiger partial charge < -0.3 is 4.57 Å². The lowest BCUT2D eigenvalue weighted by Crippen LogP contribution is -2.40. The fraction of sp³-hybridized carbons (Fsp3) is 0.303. The van der Waals surface area contributed by atoms with Crippen molar-refractivity contribution in [1.82, 2.24) is 19.2 Å². The highest BCUT2D eigenvalue weighted by Crippen LogP contribution is 2.50. The van der Waals surface area contributed by atoms with Crippen LogP contribution in [0.25, 0.3) is 17.0 Å². The second-order valence-corrected chi connectivity index (χ2v) is 12.1. The van der Waals surface area contributed by atoms with Gasteiger partial charge in [0.1, 0.15) is 0 Å². The zero-order valence-corrected chi connectivity index (χ0v) is 23.3. The molecule has 0 atom stereocenters. The minimum atomic E-state index is -0.134. The minimum Gasteiger partial charge on any atom is -0.305 e. The minimum absolute atomic E-state index is 0.0646. The second kappa shape index (κ2) is 9.53. The molecule has 0 amide bonds. The Kier molecular flexibility index (Phi) is 5.96. The van der Waals surface area contributed by atoms with Crippen molar-refractivity contribution >= 4 is 17.5 Å². The van der Waals surface area contributed by atoms with Crippen LogP contribution < -0.4 is 5.56 Å². The number of aromatic nitrogens is 4. The van der Waals surface area contributed by atoms with Crippen molar-refractivity contribution in [2.45, 2.75) is 68.8 Å². The summed E-state index contributed by atoms with van der Waals surface area (Å²) in [5, 5.41) is 9.99. The highest BCUT2D eigenvalue weighted by molar-refractivity contribution is 7.98. The van der Waals surface area contributed by atoms with Gasteiger partial charge in [-0.25, -0.2) is 4.40 Å². The zero-order valence-electron chi connectivity index (χ0n) is 22.5. The Hall–Kier alpha value is -3.64. The van der Waals surface area contributed by atoms with Gasteiger partial charge in [-0.1, -0.05) is 97.4 Å². The van der Waals surface area contributed by atoms with E-state index in [-0.39, 0.29) is 11.0 Å². The van der Waals surface area contributed by atoms with Crippen molar-refractivity contribution in [3.63, 3.8) is 0 Å². The van der Waals surface area contributed by atoms with Gasteiger partial charge in [-0.05, 0) is 60.9 Å². The normalized spacial score (nSPS) is 15.5. The SMILES string of the molecule is Cc1ccccc1CSc1nnc2n(Cc3ccccc3C)c3c(c(=O)n12)C1(CCCC1)Cc1ccccc1-3. The Balaban J connectivity index is 1.49. The summed E-state index contributed by atoms with van der Waals surface area (Å²) in [5.74, 6) is 1.37. The Morgan fingerprint density at radius 3 is 2.26 bits per heavy atom. The molecule has 3 aromatic carbocycles. The fourth-order valence-electron chi connectivity index (χ4n) is 6.77. The van der Waals surface area contributed by atoms with Gasteiger partial charge in [0.05, 0.1) is 12.2 Å². The van der Waals surface area contributed by atoms with Gasteiger partial charge in [0, 0.05) is 22.3 Å². The summed E-state index contributed by atoms with van der Waals surface area (Å²) in [6.45, 7) is 4.93. The lowest BCUT2D eigenvalue weighted by molar-refractivity contribution is 0.422. The second-order valence-electron chi connectivity index (χ2n) is 11.2. The van der Waals surface area contributed by atoms with E-state index in [4.69, 9.17) is 5.10 Å². The van der Waals surface area contributed by atoms with E-state index in [1.807, 2.05) is 4.40 Å². The highest BCUT2D eigenvalue weighted by atomic mass is 32.2. The summed E-state index contributed by atoms with van der Waals surface area (Å²) in [4.78, 5) is 14.6. The van der Waals surface area contributed by atoms with Gasteiger partial charge >= 0.3 is 0 Å².